The van der Waals surface area contributed by atoms with Crippen LogP contribution in [0.1, 0.15) is 63.5 Å². The van der Waals surface area contributed by atoms with Gasteiger partial charge in [-0.25, -0.2) is 13.6 Å². The van der Waals surface area contributed by atoms with E-state index in [1.807, 2.05) is 20.8 Å². The molecule has 0 spiro atoms. The Morgan fingerprint density at radius 2 is 1.68 bits per heavy atom. The van der Waals surface area contributed by atoms with Crippen LogP contribution in [0, 0.1) is 17.0 Å². The molecule has 206 valence electrons. The zero-order chi connectivity index (χ0) is 28.6. The number of benzene rings is 2. The first-order chi connectivity index (χ1) is 17.4. The number of fused-ring (bicyclic) bond motifs is 1. The number of nitrogens with one attached hydrogen (secondary N) is 1. The van der Waals surface area contributed by atoms with Crippen molar-refractivity contribution in [1.29, 1.82) is 0 Å². The number of carbonyl (C=O) groups is 1. The Morgan fingerprint density at radius 3 is 2.21 bits per heavy atom. The van der Waals surface area contributed by atoms with E-state index in [1.165, 1.54) is 30.5 Å². The number of nitrogens with zero attached hydrogens (tertiary/aromatic N) is 1. The van der Waals surface area contributed by atoms with Crippen LogP contribution in [-0.4, -0.2) is 30.6 Å². The average Bonchev–Trinajstić information content (AvgIpc) is 2.78. The zero-order valence-electron chi connectivity index (χ0n) is 23.4. The van der Waals surface area contributed by atoms with Crippen molar-refractivity contribution in [2.24, 2.45) is 5.41 Å². The van der Waals surface area contributed by atoms with Gasteiger partial charge in [0.1, 0.15) is 17.2 Å². The summed E-state index contributed by atoms with van der Waals surface area (Å²) in [5.41, 5.74) is -0.419. The molecule has 0 amide bonds. The Kier molecular flexibility index (Phi) is 8.24. The van der Waals surface area contributed by atoms with Crippen molar-refractivity contribution in [2.75, 3.05) is 11.9 Å². The normalized spacial score (nSPS) is 13.5. The summed E-state index contributed by atoms with van der Waals surface area (Å²) in [6.45, 7) is 17.2. The molecular weight excluding hydrogens is 506 g/mol. The van der Waals surface area contributed by atoms with Gasteiger partial charge in [-0.15, -0.1) is 0 Å². The fourth-order valence-corrected chi connectivity index (χ4v) is 4.97. The van der Waals surface area contributed by atoms with Crippen LogP contribution in [-0.2, 0) is 11.0 Å². The average molecular weight is 545 g/mol. The van der Waals surface area contributed by atoms with Crippen LogP contribution in [0.3, 0.4) is 0 Å². The summed E-state index contributed by atoms with van der Waals surface area (Å²) >= 11 is 0. The fraction of sp³-hybridized carbons (Fsp3) is 0.448. The molecule has 0 aliphatic heterocycles. The Labute approximate surface area is 223 Å². The lowest BCUT2D eigenvalue weighted by molar-refractivity contribution is 0.0693. The lowest BCUT2D eigenvalue weighted by Crippen LogP contribution is -2.43. The highest BCUT2D eigenvalue weighted by Gasteiger charge is 2.39. The third kappa shape index (κ3) is 6.32. The van der Waals surface area contributed by atoms with Crippen molar-refractivity contribution in [3.8, 4) is 0 Å². The van der Waals surface area contributed by atoms with Gasteiger partial charge in [0, 0.05) is 24.2 Å². The van der Waals surface area contributed by atoms with E-state index in [-0.39, 0.29) is 41.1 Å². The predicted molar refractivity (Wildman–Crippen MR) is 150 cm³/mol. The molecule has 0 bridgehead atoms. The molecule has 0 saturated carbocycles. The van der Waals surface area contributed by atoms with Crippen molar-refractivity contribution in [3.63, 3.8) is 0 Å². The number of carboxylic acid groups (broad SMARTS) is 1. The summed E-state index contributed by atoms with van der Waals surface area (Å²) in [5.74, 6) is -2.32. The summed E-state index contributed by atoms with van der Waals surface area (Å²) in [6.07, 6.45) is 1.31. The van der Waals surface area contributed by atoms with Crippen molar-refractivity contribution in [1.82, 2.24) is 4.57 Å². The second kappa shape index (κ2) is 10.6. The SMILES string of the molecule is CC(C)(C)C(CO[Si](C)(C)C(C)(C)C)n1cc(C(=O)O)c(=O)c2cc(NCc3ccc(F)cc3)c(F)cc21. The van der Waals surface area contributed by atoms with Crippen LogP contribution in [0.4, 0.5) is 14.5 Å². The summed E-state index contributed by atoms with van der Waals surface area (Å²) in [7, 11) is -2.16. The van der Waals surface area contributed by atoms with Gasteiger partial charge in [0.2, 0.25) is 5.43 Å². The van der Waals surface area contributed by atoms with Crippen molar-refractivity contribution >= 4 is 30.9 Å². The standard InChI is InChI=1S/C29H38F2N2O4Si/c1-28(2,3)25(17-37-38(7,8)29(4,5)6)33-16-21(27(35)36)26(34)20-13-23(22(31)14-24(20)33)32-15-18-9-11-19(30)12-10-18/h9-14,16,25,32H,15,17H2,1-8H3,(H,35,36). The molecule has 3 rings (SSSR count). The third-order valence-electron chi connectivity index (χ3n) is 7.49. The number of anilines is 1. The van der Waals surface area contributed by atoms with E-state index >= 15 is 4.39 Å². The number of aromatic nitrogens is 1. The van der Waals surface area contributed by atoms with Gasteiger partial charge >= 0.3 is 5.97 Å². The van der Waals surface area contributed by atoms with E-state index in [4.69, 9.17) is 4.43 Å². The van der Waals surface area contributed by atoms with Gasteiger partial charge in [0.15, 0.2) is 8.32 Å². The summed E-state index contributed by atoms with van der Waals surface area (Å²) < 4.78 is 36.8. The lowest BCUT2D eigenvalue weighted by Gasteiger charge is -2.40. The maximum absolute atomic E-state index is 15.4. The fourth-order valence-electron chi connectivity index (χ4n) is 3.97. The van der Waals surface area contributed by atoms with Crippen LogP contribution < -0.4 is 10.7 Å². The molecule has 0 aliphatic rings. The molecule has 6 nitrogen and oxygen atoms in total. The van der Waals surface area contributed by atoms with Gasteiger partial charge in [-0.2, -0.15) is 0 Å². The Balaban J connectivity index is 2.14. The summed E-state index contributed by atoms with van der Waals surface area (Å²) in [4.78, 5) is 25.3. The number of hydrogen-bond donors (Lipinski definition) is 2. The van der Waals surface area contributed by atoms with Gasteiger partial charge in [-0.1, -0.05) is 53.7 Å². The van der Waals surface area contributed by atoms with Crippen molar-refractivity contribution < 1.29 is 23.1 Å². The van der Waals surface area contributed by atoms with Gasteiger partial charge in [-0.3, -0.25) is 4.79 Å². The summed E-state index contributed by atoms with van der Waals surface area (Å²) in [6, 6.07) is 8.01. The Bertz CT molecular complexity index is 1390. The topological polar surface area (TPSA) is 80.6 Å². The molecule has 0 radical (unpaired) electrons. The minimum absolute atomic E-state index is 0.0372. The molecule has 1 atom stereocenters. The maximum atomic E-state index is 15.4. The number of hydrogen-bond acceptors (Lipinski definition) is 4. The lowest BCUT2D eigenvalue weighted by atomic mass is 9.86. The molecule has 0 aliphatic carbocycles. The van der Waals surface area contributed by atoms with Crippen molar-refractivity contribution in [3.05, 3.63) is 75.6 Å². The first-order valence-electron chi connectivity index (χ1n) is 12.7. The minimum atomic E-state index is -2.16. The minimum Gasteiger partial charge on any atom is -0.477 e. The first-order valence-corrected chi connectivity index (χ1v) is 15.6. The van der Waals surface area contributed by atoms with E-state index in [9.17, 15) is 19.1 Å². The molecular formula is C29H38F2N2O4Si. The highest BCUT2D eigenvalue weighted by atomic mass is 28.4. The molecule has 0 fully saturated rings. The van der Waals surface area contributed by atoms with E-state index < -0.39 is 36.5 Å². The molecule has 2 N–H and O–H groups in total. The molecule has 2 aromatic carbocycles. The highest BCUT2D eigenvalue weighted by molar-refractivity contribution is 6.74. The molecule has 3 aromatic rings. The monoisotopic (exact) mass is 544 g/mol. The number of pyridine rings is 1. The summed E-state index contributed by atoms with van der Waals surface area (Å²) in [5, 5.41) is 12.8. The molecule has 38 heavy (non-hydrogen) atoms. The number of aromatic carboxylic acids is 1. The largest absolute Gasteiger partial charge is 0.477 e. The van der Waals surface area contributed by atoms with E-state index in [2.05, 4.69) is 39.2 Å². The van der Waals surface area contributed by atoms with Gasteiger partial charge in [0.05, 0.1) is 23.9 Å². The number of rotatable bonds is 8. The number of halogens is 2. The molecule has 9 heteroatoms. The second-order valence-corrected chi connectivity index (χ2v) is 17.2. The molecule has 1 aromatic heterocycles. The van der Waals surface area contributed by atoms with Crippen LogP contribution in [0.15, 0.2) is 47.4 Å². The Hall–Kier alpha value is -3.04. The van der Waals surface area contributed by atoms with Crippen LogP contribution in [0.5, 0.6) is 0 Å². The zero-order valence-corrected chi connectivity index (χ0v) is 24.4. The third-order valence-corrected chi connectivity index (χ3v) is 12.0. The number of carboxylic acids is 1. The maximum Gasteiger partial charge on any atom is 0.341 e. The van der Waals surface area contributed by atoms with E-state index in [0.717, 1.165) is 5.56 Å². The molecule has 0 saturated heterocycles. The predicted octanol–water partition coefficient (Wildman–Crippen LogP) is 7.20. The highest BCUT2D eigenvalue weighted by Crippen LogP contribution is 2.40. The second-order valence-electron chi connectivity index (χ2n) is 12.4. The van der Waals surface area contributed by atoms with E-state index in [0.29, 0.717) is 5.52 Å². The first kappa shape index (κ1) is 29.5. The smallest absolute Gasteiger partial charge is 0.341 e. The van der Waals surface area contributed by atoms with Gasteiger partial charge in [-0.05, 0) is 47.3 Å². The van der Waals surface area contributed by atoms with Crippen molar-refractivity contribution in [2.45, 2.75) is 72.3 Å². The van der Waals surface area contributed by atoms with Crippen LogP contribution in [0.2, 0.25) is 18.1 Å². The van der Waals surface area contributed by atoms with Gasteiger partial charge in [0.25, 0.3) is 0 Å². The van der Waals surface area contributed by atoms with E-state index in [1.54, 1.807) is 16.7 Å². The quantitative estimate of drug-likeness (QED) is 0.293. The van der Waals surface area contributed by atoms with Crippen LogP contribution in [0.25, 0.3) is 10.9 Å². The van der Waals surface area contributed by atoms with Crippen LogP contribution >= 0.6 is 0 Å². The molecule has 1 heterocycles. The molecule has 1 unspecified atom stereocenters. The Morgan fingerprint density at radius 1 is 1.08 bits per heavy atom. The van der Waals surface area contributed by atoms with Gasteiger partial charge < -0.3 is 19.4 Å².